The first-order valence-electron chi connectivity index (χ1n) is 9.61. The van der Waals surface area contributed by atoms with Gasteiger partial charge in [-0.15, -0.1) is 6.58 Å². The normalized spacial score (nSPS) is 47.8. The second-order valence-electron chi connectivity index (χ2n) is 8.24. The zero-order valence-electron chi connectivity index (χ0n) is 16.0. The fraction of sp³-hybridized carbons (Fsp3) is 0.895. The van der Waals surface area contributed by atoms with Gasteiger partial charge in [-0.1, -0.05) is 19.9 Å². The maximum absolute atomic E-state index is 14.2. The predicted molar refractivity (Wildman–Crippen MR) is 90.6 cm³/mol. The highest BCUT2D eigenvalue weighted by Gasteiger charge is 2.75. The maximum atomic E-state index is 14.2. The Morgan fingerprint density at radius 2 is 1.81 bits per heavy atom. The van der Waals surface area contributed by atoms with Gasteiger partial charge in [-0.25, -0.2) is 4.89 Å². The Labute approximate surface area is 157 Å². The zero-order chi connectivity index (χ0) is 20.0. The van der Waals surface area contributed by atoms with Crippen molar-refractivity contribution in [3.05, 3.63) is 12.7 Å². The molecule has 2 saturated heterocycles. The summed E-state index contributed by atoms with van der Waals surface area (Å²) in [6.07, 6.45) is -2.65. The fourth-order valence-electron chi connectivity index (χ4n) is 5.47. The molecule has 0 radical (unpaired) electrons. The lowest BCUT2D eigenvalue weighted by molar-refractivity contribution is -0.515. The van der Waals surface area contributed by atoms with Crippen LogP contribution in [0.3, 0.4) is 0 Å². The molecule has 0 bridgehead atoms. The van der Waals surface area contributed by atoms with Crippen LogP contribution in [-0.4, -0.2) is 41.8 Å². The molecule has 27 heavy (non-hydrogen) atoms. The number of hydrogen-bond acceptors (Lipinski definition) is 5. The lowest BCUT2D eigenvalue weighted by Gasteiger charge is -2.60. The Bertz CT molecular complexity index is 556. The summed E-state index contributed by atoms with van der Waals surface area (Å²) in [5, 5.41) is 9.98. The summed E-state index contributed by atoms with van der Waals surface area (Å²) in [4.78, 5) is 5.04. The summed E-state index contributed by atoms with van der Waals surface area (Å²) >= 11 is 0. The number of ether oxygens (including phenoxy) is 3. The van der Waals surface area contributed by atoms with E-state index in [2.05, 4.69) is 6.58 Å². The van der Waals surface area contributed by atoms with Gasteiger partial charge in [-0.3, -0.25) is 5.26 Å². The molecule has 3 rings (SSSR count). The molecule has 0 aromatic carbocycles. The van der Waals surface area contributed by atoms with E-state index >= 15 is 0 Å². The number of alkyl halides is 3. The van der Waals surface area contributed by atoms with Gasteiger partial charge in [0, 0.05) is 11.8 Å². The third-order valence-electron chi connectivity index (χ3n) is 6.84. The van der Waals surface area contributed by atoms with E-state index < -0.39 is 35.7 Å². The predicted octanol–water partition coefficient (Wildman–Crippen LogP) is 4.53. The van der Waals surface area contributed by atoms with Gasteiger partial charge in [0.1, 0.15) is 0 Å². The molecule has 0 spiro atoms. The van der Waals surface area contributed by atoms with E-state index in [1.807, 2.05) is 6.92 Å². The minimum Gasteiger partial charge on any atom is -0.346 e. The van der Waals surface area contributed by atoms with Crippen LogP contribution >= 0.6 is 0 Å². The van der Waals surface area contributed by atoms with Gasteiger partial charge < -0.3 is 14.2 Å². The van der Waals surface area contributed by atoms with E-state index in [-0.39, 0.29) is 24.5 Å². The second kappa shape index (κ2) is 7.30. The average Bonchev–Trinajstić information content (AvgIpc) is 2.74. The van der Waals surface area contributed by atoms with Crippen LogP contribution in [0.2, 0.25) is 0 Å². The highest BCUT2D eigenvalue weighted by Crippen LogP contribution is 2.61. The first-order valence-corrected chi connectivity index (χ1v) is 9.61. The largest absolute Gasteiger partial charge is 0.443 e. The van der Waals surface area contributed by atoms with Crippen LogP contribution in [0.15, 0.2) is 12.7 Å². The summed E-state index contributed by atoms with van der Waals surface area (Å²) in [5.74, 6) is -4.54. The topological polar surface area (TPSA) is 57.2 Å². The second-order valence-corrected chi connectivity index (χ2v) is 8.24. The highest BCUT2D eigenvalue weighted by atomic mass is 19.4. The van der Waals surface area contributed by atoms with Crippen molar-refractivity contribution in [1.82, 2.24) is 0 Å². The van der Waals surface area contributed by atoms with Crippen molar-refractivity contribution in [1.29, 1.82) is 0 Å². The van der Waals surface area contributed by atoms with Crippen LogP contribution in [0.1, 0.15) is 46.5 Å². The standard InChI is InChI=1S/C19H29F3O5/c1-5-10-24-18(19(20,21)22)13(4)15-8-6-11(2)14-9-7-12(3)25-16(26-18)17(14,15)27-23/h5,11-16,23H,1,6-10H2,2-4H3/t11-,12+,13-,14?,15+,16+,17-,18-/m1/s1. The molecule has 2 heterocycles. The van der Waals surface area contributed by atoms with E-state index in [1.165, 1.54) is 13.0 Å². The minimum atomic E-state index is -4.78. The molecular formula is C19H29F3O5. The monoisotopic (exact) mass is 394 g/mol. The van der Waals surface area contributed by atoms with Gasteiger partial charge in [0.25, 0.3) is 5.79 Å². The molecular weight excluding hydrogens is 365 g/mol. The Kier molecular flexibility index (Phi) is 5.69. The number of halogens is 3. The van der Waals surface area contributed by atoms with E-state index in [0.717, 1.165) is 6.42 Å². The van der Waals surface area contributed by atoms with Gasteiger partial charge in [-0.05, 0) is 44.4 Å². The molecule has 1 N–H and O–H groups in total. The number of rotatable bonds is 4. The summed E-state index contributed by atoms with van der Waals surface area (Å²) in [6.45, 7) is 8.43. The van der Waals surface area contributed by atoms with Crippen molar-refractivity contribution in [2.75, 3.05) is 6.61 Å². The first-order chi connectivity index (χ1) is 12.6. The molecule has 2 aliphatic heterocycles. The van der Waals surface area contributed by atoms with Crippen molar-refractivity contribution >= 4 is 0 Å². The van der Waals surface area contributed by atoms with Crippen LogP contribution < -0.4 is 0 Å². The van der Waals surface area contributed by atoms with Gasteiger partial charge in [-0.2, -0.15) is 13.2 Å². The lowest BCUT2D eigenvalue weighted by atomic mass is 9.56. The van der Waals surface area contributed by atoms with E-state index in [0.29, 0.717) is 19.3 Å². The Balaban J connectivity index is 2.12. The Morgan fingerprint density at radius 3 is 2.41 bits per heavy atom. The van der Waals surface area contributed by atoms with Crippen molar-refractivity contribution in [3.8, 4) is 0 Å². The van der Waals surface area contributed by atoms with Gasteiger partial charge in [0.15, 0.2) is 11.9 Å². The van der Waals surface area contributed by atoms with E-state index in [1.54, 1.807) is 6.92 Å². The van der Waals surface area contributed by atoms with Gasteiger partial charge in [0.05, 0.1) is 12.7 Å². The van der Waals surface area contributed by atoms with Gasteiger partial charge in [0.2, 0.25) is 0 Å². The Morgan fingerprint density at radius 1 is 1.15 bits per heavy atom. The molecule has 8 atom stereocenters. The van der Waals surface area contributed by atoms with Crippen LogP contribution in [0.25, 0.3) is 0 Å². The average molecular weight is 394 g/mol. The first kappa shape index (κ1) is 21.0. The summed E-state index contributed by atoms with van der Waals surface area (Å²) in [7, 11) is 0. The van der Waals surface area contributed by atoms with Crippen LogP contribution in [0.4, 0.5) is 13.2 Å². The lowest BCUT2D eigenvalue weighted by Crippen LogP contribution is -2.74. The maximum Gasteiger partial charge on any atom is 0.443 e. The Hall–Kier alpha value is -0.670. The molecule has 0 aromatic heterocycles. The van der Waals surface area contributed by atoms with Gasteiger partial charge >= 0.3 is 6.18 Å². The molecule has 8 heteroatoms. The molecule has 156 valence electrons. The van der Waals surface area contributed by atoms with Crippen LogP contribution in [0.5, 0.6) is 0 Å². The quantitative estimate of drug-likeness (QED) is 0.431. The van der Waals surface area contributed by atoms with Crippen LogP contribution in [-0.2, 0) is 19.1 Å². The third-order valence-corrected chi connectivity index (χ3v) is 6.84. The number of hydrogen-bond donors (Lipinski definition) is 1. The van der Waals surface area contributed by atoms with Crippen molar-refractivity contribution in [2.45, 2.75) is 76.4 Å². The molecule has 0 aromatic rings. The molecule has 3 fully saturated rings. The summed E-state index contributed by atoms with van der Waals surface area (Å²) in [5.41, 5.74) is -1.34. The molecule has 1 unspecified atom stereocenters. The summed E-state index contributed by atoms with van der Waals surface area (Å²) in [6, 6.07) is 0. The molecule has 0 amide bonds. The highest BCUT2D eigenvalue weighted by molar-refractivity contribution is 5.11. The summed E-state index contributed by atoms with van der Waals surface area (Å²) < 4.78 is 59.3. The SMILES string of the molecule is C=CCO[C@@]1(C(F)(F)F)O[C@@H]2O[C@@H](C)CCC3[C@H](C)CC[C@@H]([C@H]1C)[C@]32OO. The smallest absolute Gasteiger partial charge is 0.346 e. The third kappa shape index (κ3) is 3.04. The molecule has 3 aliphatic rings. The van der Waals surface area contributed by atoms with Crippen molar-refractivity contribution in [3.63, 3.8) is 0 Å². The molecule has 1 saturated carbocycles. The van der Waals surface area contributed by atoms with E-state index in [4.69, 9.17) is 19.1 Å². The fourth-order valence-corrected chi connectivity index (χ4v) is 5.47. The van der Waals surface area contributed by atoms with Crippen LogP contribution in [0, 0.1) is 23.7 Å². The molecule has 1 aliphatic carbocycles. The molecule has 5 nitrogen and oxygen atoms in total. The zero-order valence-corrected chi connectivity index (χ0v) is 16.0. The minimum absolute atomic E-state index is 0.163. The van der Waals surface area contributed by atoms with Crippen molar-refractivity contribution in [2.24, 2.45) is 23.7 Å². The van der Waals surface area contributed by atoms with Crippen molar-refractivity contribution < 1.29 is 37.5 Å². The van der Waals surface area contributed by atoms with E-state index in [9.17, 15) is 18.4 Å².